The van der Waals surface area contributed by atoms with Crippen molar-refractivity contribution in [2.45, 2.75) is 0 Å². The molecule has 0 aliphatic carbocycles. The standard InChI is InChI=1S/C11H15N5O2S/c1-2-10(18)16-5-3-15(4-6-16)7-9(17)13-11-14-12-8-19-11/h2,8H,1,3-7H2,(H,13,14,17). The maximum Gasteiger partial charge on any atom is 0.246 e. The summed E-state index contributed by atoms with van der Waals surface area (Å²) in [6.45, 7) is 6.38. The second kappa shape index (κ2) is 6.39. The van der Waals surface area contributed by atoms with Crippen molar-refractivity contribution in [2.75, 3.05) is 38.0 Å². The normalized spacial score (nSPS) is 16.1. The van der Waals surface area contributed by atoms with Crippen molar-refractivity contribution in [1.82, 2.24) is 20.0 Å². The zero-order chi connectivity index (χ0) is 13.7. The summed E-state index contributed by atoms with van der Waals surface area (Å²) in [7, 11) is 0. The third-order valence-corrected chi connectivity index (χ3v) is 3.44. The van der Waals surface area contributed by atoms with Crippen molar-refractivity contribution < 1.29 is 9.59 Å². The van der Waals surface area contributed by atoms with Gasteiger partial charge < -0.3 is 4.90 Å². The zero-order valence-electron chi connectivity index (χ0n) is 10.4. The second-order valence-electron chi connectivity index (χ2n) is 4.10. The molecule has 0 saturated carbocycles. The van der Waals surface area contributed by atoms with E-state index in [2.05, 4.69) is 22.1 Å². The van der Waals surface area contributed by atoms with Crippen molar-refractivity contribution in [2.24, 2.45) is 0 Å². The van der Waals surface area contributed by atoms with Gasteiger partial charge in [0.1, 0.15) is 5.51 Å². The van der Waals surface area contributed by atoms with E-state index in [0.29, 0.717) is 37.9 Å². The van der Waals surface area contributed by atoms with Gasteiger partial charge in [0, 0.05) is 26.2 Å². The van der Waals surface area contributed by atoms with Gasteiger partial charge in [-0.05, 0) is 6.08 Å². The highest BCUT2D eigenvalue weighted by molar-refractivity contribution is 7.13. The first-order chi connectivity index (χ1) is 9.19. The van der Waals surface area contributed by atoms with Crippen molar-refractivity contribution in [3.05, 3.63) is 18.2 Å². The number of hydrogen-bond acceptors (Lipinski definition) is 6. The van der Waals surface area contributed by atoms with Crippen LogP contribution in [0.15, 0.2) is 18.2 Å². The highest BCUT2D eigenvalue weighted by atomic mass is 32.1. The third kappa shape index (κ3) is 3.83. The van der Waals surface area contributed by atoms with E-state index in [1.165, 1.54) is 17.4 Å². The predicted molar refractivity (Wildman–Crippen MR) is 71.8 cm³/mol. The fraction of sp³-hybridized carbons (Fsp3) is 0.455. The predicted octanol–water partition coefficient (Wildman–Crippen LogP) is -0.193. The average molecular weight is 281 g/mol. The van der Waals surface area contributed by atoms with Crippen LogP contribution in [0.25, 0.3) is 0 Å². The number of amides is 2. The van der Waals surface area contributed by atoms with Gasteiger partial charge in [0.05, 0.1) is 6.54 Å². The molecule has 1 fully saturated rings. The molecule has 7 nitrogen and oxygen atoms in total. The van der Waals surface area contributed by atoms with Gasteiger partial charge in [0.25, 0.3) is 0 Å². The Kier molecular flexibility index (Phi) is 4.58. The Bertz CT molecular complexity index is 454. The fourth-order valence-electron chi connectivity index (χ4n) is 1.84. The van der Waals surface area contributed by atoms with E-state index in [1.54, 1.807) is 10.4 Å². The number of carbonyl (C=O) groups is 2. The number of aromatic nitrogens is 2. The Labute approximate surface area is 114 Å². The molecule has 2 heterocycles. The highest BCUT2D eigenvalue weighted by Crippen LogP contribution is 2.08. The molecule has 0 unspecified atom stereocenters. The lowest BCUT2D eigenvalue weighted by atomic mass is 10.3. The molecule has 1 aliphatic rings. The Morgan fingerprint density at radius 2 is 2.16 bits per heavy atom. The molecule has 0 radical (unpaired) electrons. The summed E-state index contributed by atoms with van der Waals surface area (Å²) in [6, 6.07) is 0. The van der Waals surface area contributed by atoms with Crippen LogP contribution in [0, 0.1) is 0 Å². The molecule has 0 bridgehead atoms. The molecule has 0 spiro atoms. The molecular formula is C11H15N5O2S. The summed E-state index contributed by atoms with van der Waals surface area (Å²) in [5.41, 5.74) is 1.56. The minimum absolute atomic E-state index is 0.0574. The van der Waals surface area contributed by atoms with Crippen LogP contribution in [0.1, 0.15) is 0 Å². The number of carbonyl (C=O) groups excluding carboxylic acids is 2. The molecule has 1 aromatic heterocycles. The summed E-state index contributed by atoms with van der Waals surface area (Å²) in [6.07, 6.45) is 1.32. The topological polar surface area (TPSA) is 78.4 Å². The molecule has 8 heteroatoms. The molecule has 19 heavy (non-hydrogen) atoms. The van der Waals surface area contributed by atoms with Crippen LogP contribution in [-0.4, -0.2) is 64.5 Å². The third-order valence-electron chi connectivity index (χ3n) is 2.83. The molecule has 2 amide bonds. The number of nitrogens with one attached hydrogen (secondary N) is 1. The van der Waals surface area contributed by atoms with Gasteiger partial charge in [-0.25, -0.2) is 0 Å². The quantitative estimate of drug-likeness (QED) is 0.774. The van der Waals surface area contributed by atoms with Gasteiger partial charge >= 0.3 is 0 Å². The van der Waals surface area contributed by atoms with Crippen LogP contribution in [0.3, 0.4) is 0 Å². The smallest absolute Gasteiger partial charge is 0.246 e. The number of piperazine rings is 1. The summed E-state index contributed by atoms with van der Waals surface area (Å²) in [5.74, 6) is -0.168. The molecule has 1 aromatic rings. The molecule has 1 N–H and O–H groups in total. The fourth-order valence-corrected chi connectivity index (χ4v) is 2.31. The van der Waals surface area contributed by atoms with Crippen molar-refractivity contribution in [3.8, 4) is 0 Å². The lowest BCUT2D eigenvalue weighted by Crippen LogP contribution is -2.50. The van der Waals surface area contributed by atoms with E-state index in [9.17, 15) is 9.59 Å². The SMILES string of the molecule is C=CC(=O)N1CCN(CC(=O)Nc2nncs2)CC1. The van der Waals surface area contributed by atoms with E-state index >= 15 is 0 Å². The minimum atomic E-state index is -0.111. The number of anilines is 1. The lowest BCUT2D eigenvalue weighted by molar-refractivity contribution is -0.128. The molecule has 0 atom stereocenters. The van der Waals surface area contributed by atoms with Crippen LogP contribution in [0.5, 0.6) is 0 Å². The van der Waals surface area contributed by atoms with E-state index in [-0.39, 0.29) is 11.8 Å². The summed E-state index contributed by atoms with van der Waals surface area (Å²) >= 11 is 1.28. The van der Waals surface area contributed by atoms with E-state index < -0.39 is 0 Å². The van der Waals surface area contributed by atoms with Crippen molar-refractivity contribution in [1.29, 1.82) is 0 Å². The molecule has 2 rings (SSSR count). The summed E-state index contributed by atoms with van der Waals surface area (Å²) in [5, 5.41) is 10.6. The first-order valence-electron chi connectivity index (χ1n) is 5.89. The highest BCUT2D eigenvalue weighted by Gasteiger charge is 2.21. The van der Waals surface area contributed by atoms with Crippen LogP contribution >= 0.6 is 11.3 Å². The van der Waals surface area contributed by atoms with Crippen LogP contribution in [0.4, 0.5) is 5.13 Å². The Hall–Kier alpha value is -1.80. The Morgan fingerprint density at radius 1 is 1.42 bits per heavy atom. The van der Waals surface area contributed by atoms with Gasteiger partial charge in [-0.2, -0.15) is 0 Å². The largest absolute Gasteiger partial charge is 0.337 e. The number of hydrogen-bond donors (Lipinski definition) is 1. The Balaban J connectivity index is 1.74. The van der Waals surface area contributed by atoms with Gasteiger partial charge in [0.2, 0.25) is 16.9 Å². The first-order valence-corrected chi connectivity index (χ1v) is 6.76. The lowest BCUT2D eigenvalue weighted by Gasteiger charge is -2.33. The average Bonchev–Trinajstić information content (AvgIpc) is 2.91. The van der Waals surface area contributed by atoms with Gasteiger partial charge in [-0.3, -0.25) is 19.8 Å². The zero-order valence-corrected chi connectivity index (χ0v) is 11.2. The van der Waals surface area contributed by atoms with Crippen LogP contribution in [0.2, 0.25) is 0 Å². The molecular weight excluding hydrogens is 266 g/mol. The van der Waals surface area contributed by atoms with Gasteiger partial charge in [0.15, 0.2) is 0 Å². The number of rotatable bonds is 4. The van der Waals surface area contributed by atoms with Gasteiger partial charge in [-0.1, -0.05) is 17.9 Å². The second-order valence-corrected chi connectivity index (χ2v) is 4.93. The summed E-state index contributed by atoms with van der Waals surface area (Å²) < 4.78 is 0. The minimum Gasteiger partial charge on any atom is -0.337 e. The van der Waals surface area contributed by atoms with Crippen LogP contribution < -0.4 is 5.32 Å². The number of nitrogens with zero attached hydrogens (tertiary/aromatic N) is 4. The summed E-state index contributed by atoms with van der Waals surface area (Å²) in [4.78, 5) is 26.9. The van der Waals surface area contributed by atoms with Crippen molar-refractivity contribution >= 4 is 28.3 Å². The Morgan fingerprint density at radius 3 is 2.74 bits per heavy atom. The van der Waals surface area contributed by atoms with Gasteiger partial charge in [-0.15, -0.1) is 10.2 Å². The monoisotopic (exact) mass is 281 g/mol. The maximum absolute atomic E-state index is 11.7. The van der Waals surface area contributed by atoms with Crippen LogP contribution in [-0.2, 0) is 9.59 Å². The molecule has 1 aliphatic heterocycles. The maximum atomic E-state index is 11.7. The van der Waals surface area contributed by atoms with Crippen molar-refractivity contribution in [3.63, 3.8) is 0 Å². The van der Waals surface area contributed by atoms with E-state index in [0.717, 1.165) is 0 Å². The molecule has 0 aromatic carbocycles. The van der Waals surface area contributed by atoms with E-state index in [1.807, 2.05) is 4.90 Å². The molecule has 1 saturated heterocycles. The first kappa shape index (κ1) is 13.6. The van der Waals surface area contributed by atoms with E-state index in [4.69, 9.17) is 0 Å². The molecule has 102 valence electrons.